The number of carbonyl (C=O) groups is 1. The van der Waals surface area contributed by atoms with Gasteiger partial charge in [-0.15, -0.1) is 0 Å². The number of amides is 1. The van der Waals surface area contributed by atoms with Crippen LogP contribution in [0, 0.1) is 0 Å². The number of hydrogen-bond donors (Lipinski definition) is 0. The highest BCUT2D eigenvalue weighted by Gasteiger charge is 2.33. The van der Waals surface area contributed by atoms with Crippen LogP contribution in [0.4, 0.5) is 0 Å². The second-order valence-corrected chi connectivity index (χ2v) is 8.22. The summed E-state index contributed by atoms with van der Waals surface area (Å²) in [6.45, 7) is 2.63. The number of rotatable bonds is 7. The molecule has 1 heterocycles. The lowest BCUT2D eigenvalue weighted by Gasteiger charge is -2.28. The smallest absolute Gasteiger partial charge is 0.223 e. The number of carbonyl (C=O) groups excluding carboxylic acids is 1. The molecule has 1 aromatic rings. The molecule has 0 aliphatic carbocycles. The van der Waals surface area contributed by atoms with Crippen molar-refractivity contribution in [2.45, 2.75) is 38.6 Å². The van der Waals surface area contributed by atoms with Crippen LogP contribution >= 0.6 is 0 Å². The van der Waals surface area contributed by atoms with E-state index in [-0.39, 0.29) is 23.5 Å². The SMILES string of the molecule is CCCN(C(=O)CCc1cccc(OC)c1)C1CCS(=O)(=O)C1. The summed E-state index contributed by atoms with van der Waals surface area (Å²) in [4.78, 5) is 14.3. The summed E-state index contributed by atoms with van der Waals surface area (Å²) in [6.07, 6.45) is 2.42. The second kappa shape index (κ2) is 7.81. The van der Waals surface area contributed by atoms with Gasteiger partial charge in [0.2, 0.25) is 5.91 Å². The van der Waals surface area contributed by atoms with Gasteiger partial charge in [-0.05, 0) is 37.0 Å². The van der Waals surface area contributed by atoms with E-state index < -0.39 is 9.84 Å². The molecule has 23 heavy (non-hydrogen) atoms. The summed E-state index contributed by atoms with van der Waals surface area (Å²) in [5.41, 5.74) is 1.05. The van der Waals surface area contributed by atoms with Crippen LogP contribution in [0.25, 0.3) is 0 Å². The van der Waals surface area contributed by atoms with Gasteiger partial charge in [0, 0.05) is 19.0 Å². The lowest BCUT2D eigenvalue weighted by Crippen LogP contribution is -2.41. The van der Waals surface area contributed by atoms with Gasteiger partial charge >= 0.3 is 0 Å². The Balaban J connectivity index is 1.98. The molecule has 1 aromatic carbocycles. The van der Waals surface area contributed by atoms with E-state index >= 15 is 0 Å². The molecule has 1 aliphatic rings. The molecule has 2 rings (SSSR count). The van der Waals surface area contributed by atoms with E-state index in [1.54, 1.807) is 12.0 Å². The Labute approximate surface area is 138 Å². The van der Waals surface area contributed by atoms with Crippen molar-refractivity contribution in [1.82, 2.24) is 4.90 Å². The maximum Gasteiger partial charge on any atom is 0.223 e. The van der Waals surface area contributed by atoms with Gasteiger partial charge in [-0.3, -0.25) is 4.79 Å². The monoisotopic (exact) mass is 339 g/mol. The molecule has 1 aliphatic heterocycles. The van der Waals surface area contributed by atoms with Crippen molar-refractivity contribution in [3.63, 3.8) is 0 Å². The Morgan fingerprint density at radius 1 is 1.39 bits per heavy atom. The highest BCUT2D eigenvalue weighted by molar-refractivity contribution is 7.91. The quantitative estimate of drug-likeness (QED) is 0.763. The molecule has 0 aromatic heterocycles. The van der Waals surface area contributed by atoms with Crippen LogP contribution in [-0.2, 0) is 21.1 Å². The predicted molar refractivity (Wildman–Crippen MR) is 90.4 cm³/mol. The minimum Gasteiger partial charge on any atom is -0.497 e. The van der Waals surface area contributed by atoms with Crippen LogP contribution in [0.1, 0.15) is 31.7 Å². The number of benzene rings is 1. The van der Waals surface area contributed by atoms with Crippen LogP contribution in [0.15, 0.2) is 24.3 Å². The first-order valence-corrected chi connectivity index (χ1v) is 9.90. The molecule has 1 fully saturated rings. The van der Waals surface area contributed by atoms with Crippen LogP contribution in [-0.4, -0.2) is 50.4 Å². The molecular formula is C17H25NO4S. The Morgan fingerprint density at radius 3 is 2.78 bits per heavy atom. The third kappa shape index (κ3) is 4.96. The molecule has 0 saturated carbocycles. The fourth-order valence-electron chi connectivity index (χ4n) is 3.00. The average Bonchev–Trinajstić information content (AvgIpc) is 2.90. The van der Waals surface area contributed by atoms with Gasteiger partial charge in [0.1, 0.15) is 5.75 Å². The normalized spacial score (nSPS) is 19.5. The van der Waals surface area contributed by atoms with Gasteiger partial charge in [-0.25, -0.2) is 8.42 Å². The Hall–Kier alpha value is -1.56. The largest absolute Gasteiger partial charge is 0.497 e. The highest BCUT2D eigenvalue weighted by atomic mass is 32.2. The lowest BCUT2D eigenvalue weighted by atomic mass is 10.1. The van der Waals surface area contributed by atoms with Crippen molar-refractivity contribution in [3.05, 3.63) is 29.8 Å². The Kier molecular flexibility index (Phi) is 6.04. The molecule has 0 N–H and O–H groups in total. The van der Waals surface area contributed by atoms with Crippen LogP contribution < -0.4 is 4.74 Å². The van der Waals surface area contributed by atoms with E-state index in [0.29, 0.717) is 25.8 Å². The molecule has 0 bridgehead atoms. The molecule has 1 atom stereocenters. The van der Waals surface area contributed by atoms with Crippen molar-refractivity contribution in [3.8, 4) is 5.75 Å². The number of hydrogen-bond acceptors (Lipinski definition) is 4. The van der Waals surface area contributed by atoms with E-state index in [4.69, 9.17) is 4.74 Å². The fraction of sp³-hybridized carbons (Fsp3) is 0.588. The van der Waals surface area contributed by atoms with Gasteiger partial charge < -0.3 is 9.64 Å². The number of ether oxygens (including phenoxy) is 1. The summed E-state index contributed by atoms with van der Waals surface area (Å²) < 4.78 is 28.5. The van der Waals surface area contributed by atoms with Crippen LogP contribution in [0.5, 0.6) is 5.75 Å². The minimum atomic E-state index is -2.98. The summed E-state index contributed by atoms with van der Waals surface area (Å²) in [6, 6.07) is 7.53. The first-order chi connectivity index (χ1) is 10.9. The zero-order valence-electron chi connectivity index (χ0n) is 13.8. The molecule has 6 heteroatoms. The maximum atomic E-state index is 12.6. The number of methoxy groups -OCH3 is 1. The molecule has 1 saturated heterocycles. The predicted octanol–water partition coefficient (Wildman–Crippen LogP) is 2.05. The van der Waals surface area contributed by atoms with Crippen molar-refractivity contribution < 1.29 is 17.9 Å². The van der Waals surface area contributed by atoms with Crippen molar-refractivity contribution in [2.75, 3.05) is 25.2 Å². The molecule has 128 valence electrons. The summed E-state index contributed by atoms with van der Waals surface area (Å²) >= 11 is 0. The Bertz CT molecular complexity index is 642. The molecule has 5 nitrogen and oxygen atoms in total. The van der Waals surface area contributed by atoms with E-state index in [2.05, 4.69) is 0 Å². The minimum absolute atomic E-state index is 0.0387. The summed E-state index contributed by atoms with van der Waals surface area (Å²) in [5.74, 6) is 1.12. The van der Waals surface area contributed by atoms with E-state index in [1.165, 1.54) is 0 Å². The highest BCUT2D eigenvalue weighted by Crippen LogP contribution is 2.20. The molecule has 1 amide bonds. The first-order valence-electron chi connectivity index (χ1n) is 8.08. The van der Waals surface area contributed by atoms with Crippen LogP contribution in [0.3, 0.4) is 0 Å². The van der Waals surface area contributed by atoms with Gasteiger partial charge in [0.25, 0.3) is 0 Å². The third-order valence-corrected chi connectivity index (χ3v) is 5.95. The zero-order valence-corrected chi connectivity index (χ0v) is 14.6. The number of aryl methyl sites for hydroxylation is 1. The summed E-state index contributed by atoms with van der Waals surface area (Å²) in [5, 5.41) is 0. The molecule has 0 spiro atoms. The Morgan fingerprint density at radius 2 is 2.17 bits per heavy atom. The van der Waals surface area contributed by atoms with Crippen molar-refractivity contribution in [1.29, 1.82) is 0 Å². The van der Waals surface area contributed by atoms with E-state index in [9.17, 15) is 13.2 Å². The maximum absolute atomic E-state index is 12.6. The van der Waals surface area contributed by atoms with Crippen molar-refractivity contribution in [2.24, 2.45) is 0 Å². The topological polar surface area (TPSA) is 63.7 Å². The first kappa shape index (κ1) is 17.8. The number of nitrogens with zero attached hydrogens (tertiary/aromatic N) is 1. The fourth-order valence-corrected chi connectivity index (χ4v) is 4.73. The second-order valence-electron chi connectivity index (χ2n) is 6.00. The van der Waals surface area contributed by atoms with E-state index in [1.807, 2.05) is 31.2 Å². The third-order valence-electron chi connectivity index (χ3n) is 4.20. The zero-order chi connectivity index (χ0) is 16.9. The van der Waals surface area contributed by atoms with Gasteiger partial charge in [-0.1, -0.05) is 19.1 Å². The van der Waals surface area contributed by atoms with E-state index in [0.717, 1.165) is 17.7 Å². The van der Waals surface area contributed by atoms with Crippen molar-refractivity contribution >= 4 is 15.7 Å². The standard InChI is InChI=1S/C17H25NO4S/c1-3-10-18(15-9-11-23(20,21)13-15)17(19)8-7-14-5-4-6-16(12-14)22-2/h4-6,12,15H,3,7-11,13H2,1-2H3. The van der Waals surface area contributed by atoms with Gasteiger partial charge in [-0.2, -0.15) is 0 Å². The lowest BCUT2D eigenvalue weighted by molar-refractivity contribution is -0.133. The number of sulfone groups is 1. The average molecular weight is 339 g/mol. The van der Waals surface area contributed by atoms with Crippen LogP contribution in [0.2, 0.25) is 0 Å². The van der Waals surface area contributed by atoms with Gasteiger partial charge in [0.05, 0.1) is 18.6 Å². The van der Waals surface area contributed by atoms with Gasteiger partial charge in [0.15, 0.2) is 9.84 Å². The molecule has 1 unspecified atom stereocenters. The molecular weight excluding hydrogens is 314 g/mol. The summed E-state index contributed by atoms with van der Waals surface area (Å²) in [7, 11) is -1.36. The molecule has 0 radical (unpaired) electrons.